The van der Waals surface area contributed by atoms with Gasteiger partial charge in [0.25, 0.3) is 0 Å². The van der Waals surface area contributed by atoms with Gasteiger partial charge in [-0.2, -0.15) is 5.10 Å². The summed E-state index contributed by atoms with van der Waals surface area (Å²) in [5.41, 5.74) is 3.77. The third-order valence-corrected chi connectivity index (χ3v) is 4.49. The van der Waals surface area contributed by atoms with E-state index in [1.54, 1.807) is 0 Å². The van der Waals surface area contributed by atoms with Crippen LogP contribution in [0.15, 0.2) is 4.99 Å². The lowest BCUT2D eigenvalue weighted by Gasteiger charge is -2.13. The molecule has 2 N–H and O–H groups in total. The van der Waals surface area contributed by atoms with Crippen LogP contribution in [0.25, 0.3) is 0 Å². The first-order valence-electron chi connectivity index (χ1n) is 9.25. The molecular weight excluding hydrogens is 429 g/mol. The number of halogens is 1. The van der Waals surface area contributed by atoms with Gasteiger partial charge in [-0.25, -0.2) is 0 Å². The molecule has 0 aromatic carbocycles. The number of ether oxygens (including phenoxy) is 1. The summed E-state index contributed by atoms with van der Waals surface area (Å²) in [7, 11) is 3.83. The van der Waals surface area contributed by atoms with E-state index in [-0.39, 0.29) is 24.0 Å². The van der Waals surface area contributed by atoms with E-state index in [1.807, 2.05) is 18.8 Å². The highest BCUT2D eigenvalue weighted by Gasteiger charge is 2.20. The third kappa shape index (κ3) is 7.13. The van der Waals surface area contributed by atoms with Crippen molar-refractivity contribution in [3.05, 3.63) is 17.0 Å². The molecule has 0 bridgehead atoms. The number of nitrogens with zero attached hydrogens (tertiary/aromatic N) is 3. The largest absolute Gasteiger partial charge is 0.381 e. The van der Waals surface area contributed by atoms with Gasteiger partial charge in [0.15, 0.2) is 5.96 Å². The van der Waals surface area contributed by atoms with E-state index in [1.165, 1.54) is 29.8 Å². The second kappa shape index (κ2) is 11.7. The van der Waals surface area contributed by atoms with Crippen LogP contribution in [0.3, 0.4) is 0 Å². The Morgan fingerprint density at radius 3 is 2.64 bits per heavy atom. The highest BCUT2D eigenvalue weighted by atomic mass is 127. The van der Waals surface area contributed by atoms with Crippen molar-refractivity contribution in [3.63, 3.8) is 0 Å². The summed E-state index contributed by atoms with van der Waals surface area (Å²) in [5.74, 6) is 1.68. The molecule has 0 amide bonds. The van der Waals surface area contributed by atoms with E-state index in [0.717, 1.165) is 57.4 Å². The topological polar surface area (TPSA) is 63.5 Å². The van der Waals surface area contributed by atoms with Crippen LogP contribution in [-0.4, -0.2) is 42.5 Å². The Hall–Kier alpha value is -0.830. The van der Waals surface area contributed by atoms with Crippen molar-refractivity contribution in [2.45, 2.75) is 52.5 Å². The Labute approximate surface area is 169 Å². The maximum atomic E-state index is 5.65. The van der Waals surface area contributed by atoms with Gasteiger partial charge in [0.05, 0.1) is 5.69 Å². The predicted octanol–water partition coefficient (Wildman–Crippen LogP) is 2.64. The van der Waals surface area contributed by atoms with E-state index in [4.69, 9.17) is 4.74 Å². The van der Waals surface area contributed by atoms with Crippen molar-refractivity contribution in [2.24, 2.45) is 18.0 Å². The van der Waals surface area contributed by atoms with E-state index in [9.17, 15) is 0 Å². The van der Waals surface area contributed by atoms with E-state index in [2.05, 4.69) is 34.6 Å². The molecule has 7 heteroatoms. The van der Waals surface area contributed by atoms with E-state index < -0.39 is 0 Å². The summed E-state index contributed by atoms with van der Waals surface area (Å²) in [6, 6.07) is 0. The molecule has 6 nitrogen and oxygen atoms in total. The van der Waals surface area contributed by atoms with Gasteiger partial charge in [0.2, 0.25) is 0 Å². The number of aliphatic imine (C=N–C) groups is 1. The van der Waals surface area contributed by atoms with Crippen molar-refractivity contribution < 1.29 is 4.74 Å². The van der Waals surface area contributed by atoms with Gasteiger partial charge in [-0.15, -0.1) is 24.0 Å². The van der Waals surface area contributed by atoms with Crippen LogP contribution >= 0.6 is 24.0 Å². The standard InChI is InChI=1S/C18H33N5O.HI/c1-5-16-15(17(6-2)23(4)22-16)12-21-18(19-3)20-10-7-11-24-13-14-8-9-14;/h14H,5-13H2,1-4H3,(H2,19,20,21);1H. The first kappa shape index (κ1) is 22.2. The van der Waals surface area contributed by atoms with E-state index in [0.29, 0.717) is 0 Å². The second-order valence-corrected chi connectivity index (χ2v) is 6.43. The Bertz CT molecular complexity index is 540. The molecule has 0 unspecified atom stereocenters. The zero-order valence-electron chi connectivity index (χ0n) is 16.1. The van der Waals surface area contributed by atoms with Crippen molar-refractivity contribution in [1.82, 2.24) is 20.4 Å². The summed E-state index contributed by atoms with van der Waals surface area (Å²) < 4.78 is 7.66. The van der Waals surface area contributed by atoms with Crippen LogP contribution in [0.4, 0.5) is 0 Å². The number of aromatic nitrogens is 2. The summed E-state index contributed by atoms with van der Waals surface area (Å²) >= 11 is 0. The number of rotatable bonds is 10. The highest BCUT2D eigenvalue weighted by molar-refractivity contribution is 14.0. The zero-order chi connectivity index (χ0) is 17.4. The van der Waals surface area contributed by atoms with Crippen LogP contribution in [0.2, 0.25) is 0 Å². The van der Waals surface area contributed by atoms with Crippen molar-refractivity contribution in [2.75, 3.05) is 26.8 Å². The Morgan fingerprint density at radius 2 is 2.04 bits per heavy atom. The Kier molecular flexibility index (Phi) is 10.4. The molecule has 2 rings (SSSR count). The van der Waals surface area contributed by atoms with Crippen molar-refractivity contribution >= 4 is 29.9 Å². The molecule has 1 aromatic rings. The molecule has 1 aliphatic carbocycles. The van der Waals surface area contributed by atoms with Crippen LogP contribution in [0.5, 0.6) is 0 Å². The number of nitrogens with one attached hydrogen (secondary N) is 2. The molecule has 1 saturated carbocycles. The van der Waals surface area contributed by atoms with E-state index >= 15 is 0 Å². The molecule has 1 aliphatic rings. The molecule has 0 spiro atoms. The van der Waals surface area contributed by atoms with Crippen LogP contribution in [-0.2, 0) is 31.2 Å². The lowest BCUT2D eigenvalue weighted by molar-refractivity contribution is 0.123. The summed E-state index contributed by atoms with van der Waals surface area (Å²) in [5, 5.41) is 11.4. The molecule has 144 valence electrons. The van der Waals surface area contributed by atoms with Gasteiger partial charge < -0.3 is 15.4 Å². The summed E-state index contributed by atoms with van der Waals surface area (Å²) in [4.78, 5) is 4.30. The molecular formula is C18H34IN5O. The van der Waals surface area contributed by atoms with Gasteiger partial charge in [0.1, 0.15) is 0 Å². The summed E-state index contributed by atoms with van der Waals surface area (Å²) in [6.45, 7) is 7.72. The van der Waals surface area contributed by atoms with Crippen LogP contribution < -0.4 is 10.6 Å². The highest BCUT2D eigenvalue weighted by Crippen LogP contribution is 2.28. The first-order chi connectivity index (χ1) is 11.7. The number of hydrogen-bond acceptors (Lipinski definition) is 3. The van der Waals surface area contributed by atoms with Gasteiger partial charge in [0, 0.05) is 51.7 Å². The second-order valence-electron chi connectivity index (χ2n) is 6.43. The monoisotopic (exact) mass is 463 g/mol. The molecule has 0 radical (unpaired) electrons. The maximum absolute atomic E-state index is 5.65. The fourth-order valence-electron chi connectivity index (χ4n) is 2.90. The normalized spacial score (nSPS) is 14.3. The molecule has 0 aliphatic heterocycles. The zero-order valence-corrected chi connectivity index (χ0v) is 18.4. The third-order valence-electron chi connectivity index (χ3n) is 4.49. The number of guanidine groups is 1. The molecule has 1 fully saturated rings. The molecule has 1 aromatic heterocycles. The fourth-order valence-corrected chi connectivity index (χ4v) is 2.90. The lowest BCUT2D eigenvalue weighted by atomic mass is 10.1. The lowest BCUT2D eigenvalue weighted by Crippen LogP contribution is -2.37. The number of hydrogen-bond donors (Lipinski definition) is 2. The minimum Gasteiger partial charge on any atom is -0.381 e. The SMILES string of the molecule is CCc1nn(C)c(CC)c1CNC(=NC)NCCCOCC1CC1.I. The first-order valence-corrected chi connectivity index (χ1v) is 9.25. The molecule has 25 heavy (non-hydrogen) atoms. The smallest absolute Gasteiger partial charge is 0.191 e. The average molecular weight is 463 g/mol. The van der Waals surface area contributed by atoms with Crippen LogP contribution in [0.1, 0.15) is 50.1 Å². The van der Waals surface area contributed by atoms with Gasteiger partial charge in [-0.3, -0.25) is 9.67 Å². The van der Waals surface area contributed by atoms with Crippen LogP contribution in [0, 0.1) is 5.92 Å². The quantitative estimate of drug-likeness (QED) is 0.243. The molecule has 0 atom stereocenters. The Morgan fingerprint density at radius 1 is 1.28 bits per heavy atom. The summed E-state index contributed by atoms with van der Waals surface area (Å²) in [6.07, 6.45) is 5.64. The maximum Gasteiger partial charge on any atom is 0.191 e. The fraction of sp³-hybridized carbons (Fsp3) is 0.778. The minimum absolute atomic E-state index is 0. The van der Waals surface area contributed by atoms with Gasteiger partial charge >= 0.3 is 0 Å². The average Bonchev–Trinajstić information content (AvgIpc) is 3.36. The van der Waals surface area contributed by atoms with Gasteiger partial charge in [-0.1, -0.05) is 13.8 Å². The molecule has 1 heterocycles. The van der Waals surface area contributed by atoms with Crippen molar-refractivity contribution in [1.29, 1.82) is 0 Å². The van der Waals surface area contributed by atoms with Crippen molar-refractivity contribution in [3.8, 4) is 0 Å². The molecule has 0 saturated heterocycles. The Balaban J connectivity index is 0.00000312. The number of aryl methyl sites for hydroxylation is 2. The predicted molar refractivity (Wildman–Crippen MR) is 114 cm³/mol. The van der Waals surface area contributed by atoms with Gasteiger partial charge in [-0.05, 0) is 38.0 Å². The minimum atomic E-state index is 0.